The highest BCUT2D eigenvalue weighted by Gasteiger charge is 2.29. The molecule has 1 fully saturated rings. The smallest absolute Gasteiger partial charge is 0.306 e. The molecule has 0 aromatic heterocycles. The van der Waals surface area contributed by atoms with Crippen LogP contribution in [0.3, 0.4) is 0 Å². The topological polar surface area (TPSA) is 75.6 Å². The molecule has 0 unspecified atom stereocenters. The molecule has 0 atom stereocenters. The van der Waals surface area contributed by atoms with Crippen LogP contribution in [0.1, 0.15) is 31.2 Å². The number of methoxy groups -OCH3 is 1. The molecule has 1 amide bonds. The number of benzene rings is 1. The number of carboxylic acid groups (broad SMARTS) is 1. The number of nitrogens with one attached hydrogen (secondary N) is 1. The minimum absolute atomic E-state index is 0.0256. The maximum absolute atomic E-state index is 12.3. The summed E-state index contributed by atoms with van der Waals surface area (Å²) in [4.78, 5) is 23.2. The van der Waals surface area contributed by atoms with Crippen LogP contribution in [0.4, 0.5) is 5.69 Å². The van der Waals surface area contributed by atoms with Crippen LogP contribution < -0.4 is 5.32 Å². The van der Waals surface area contributed by atoms with Crippen LogP contribution in [0.25, 0.3) is 0 Å². The number of amides is 1. The van der Waals surface area contributed by atoms with E-state index >= 15 is 0 Å². The predicted octanol–water partition coefficient (Wildman–Crippen LogP) is 2.66. The Hall–Kier alpha value is -1.88. The average molecular weight is 291 g/mol. The molecular weight excluding hydrogens is 270 g/mol. The zero-order valence-electron chi connectivity index (χ0n) is 12.2. The molecule has 0 saturated heterocycles. The second-order valence-electron chi connectivity index (χ2n) is 5.47. The minimum atomic E-state index is -0.751. The quantitative estimate of drug-likeness (QED) is 0.874. The highest BCUT2D eigenvalue weighted by molar-refractivity contribution is 5.93. The first-order valence-electron chi connectivity index (χ1n) is 7.22. The SMILES string of the molecule is COCc1ccccc1NC(=O)C1CCC(C(=O)O)CC1. The van der Waals surface area contributed by atoms with Gasteiger partial charge in [0.1, 0.15) is 0 Å². The minimum Gasteiger partial charge on any atom is -0.481 e. The summed E-state index contributed by atoms with van der Waals surface area (Å²) in [5, 5.41) is 11.9. The van der Waals surface area contributed by atoms with E-state index in [0.29, 0.717) is 32.3 Å². The van der Waals surface area contributed by atoms with Crippen LogP contribution in [0.2, 0.25) is 0 Å². The molecule has 114 valence electrons. The molecular formula is C16H21NO4. The third-order valence-corrected chi connectivity index (χ3v) is 4.02. The fraction of sp³-hybridized carbons (Fsp3) is 0.500. The fourth-order valence-corrected chi connectivity index (χ4v) is 2.76. The zero-order chi connectivity index (χ0) is 15.2. The molecule has 1 aromatic carbocycles. The van der Waals surface area contributed by atoms with Gasteiger partial charge in [0.15, 0.2) is 0 Å². The number of ether oxygens (including phenoxy) is 1. The van der Waals surface area contributed by atoms with Crippen LogP contribution in [0, 0.1) is 11.8 Å². The number of hydrogen-bond acceptors (Lipinski definition) is 3. The molecule has 1 aromatic rings. The Morgan fingerprint density at radius 1 is 1.19 bits per heavy atom. The highest BCUT2D eigenvalue weighted by atomic mass is 16.5. The third-order valence-electron chi connectivity index (χ3n) is 4.02. The van der Waals surface area contributed by atoms with Crippen molar-refractivity contribution < 1.29 is 19.4 Å². The summed E-state index contributed by atoms with van der Waals surface area (Å²) in [5.41, 5.74) is 1.71. The van der Waals surface area contributed by atoms with Gasteiger partial charge in [-0.1, -0.05) is 18.2 Å². The summed E-state index contributed by atoms with van der Waals surface area (Å²) < 4.78 is 5.12. The molecule has 0 spiro atoms. The summed E-state index contributed by atoms with van der Waals surface area (Å²) >= 11 is 0. The fourth-order valence-electron chi connectivity index (χ4n) is 2.76. The molecule has 0 radical (unpaired) electrons. The van der Waals surface area contributed by atoms with Crippen molar-refractivity contribution >= 4 is 17.6 Å². The van der Waals surface area contributed by atoms with Crippen LogP contribution in [-0.4, -0.2) is 24.1 Å². The normalized spacial score (nSPS) is 21.8. The van der Waals surface area contributed by atoms with Crippen molar-refractivity contribution in [3.63, 3.8) is 0 Å². The number of rotatable bonds is 5. The summed E-state index contributed by atoms with van der Waals surface area (Å²) in [6.45, 7) is 0.447. The van der Waals surface area contributed by atoms with Gasteiger partial charge in [-0.3, -0.25) is 9.59 Å². The van der Waals surface area contributed by atoms with E-state index in [-0.39, 0.29) is 17.7 Å². The second kappa shape index (κ2) is 7.22. The lowest BCUT2D eigenvalue weighted by Crippen LogP contribution is -2.29. The Morgan fingerprint density at radius 3 is 2.43 bits per heavy atom. The maximum Gasteiger partial charge on any atom is 0.306 e. The van der Waals surface area contributed by atoms with Gasteiger partial charge in [0.05, 0.1) is 12.5 Å². The first-order valence-corrected chi connectivity index (χ1v) is 7.22. The molecule has 0 aliphatic heterocycles. The van der Waals surface area contributed by atoms with Gasteiger partial charge in [0.25, 0.3) is 0 Å². The first kappa shape index (κ1) is 15.5. The van der Waals surface area contributed by atoms with E-state index in [0.717, 1.165) is 11.3 Å². The lowest BCUT2D eigenvalue weighted by molar-refractivity contribution is -0.143. The monoisotopic (exact) mass is 291 g/mol. The van der Waals surface area contributed by atoms with Crippen molar-refractivity contribution in [1.82, 2.24) is 0 Å². The summed E-state index contributed by atoms with van der Waals surface area (Å²) in [6.07, 6.45) is 2.42. The van der Waals surface area contributed by atoms with E-state index in [1.54, 1.807) is 7.11 Å². The van der Waals surface area contributed by atoms with E-state index in [4.69, 9.17) is 9.84 Å². The van der Waals surface area contributed by atoms with Crippen molar-refractivity contribution in [3.8, 4) is 0 Å². The Kier molecular flexibility index (Phi) is 5.33. The van der Waals surface area contributed by atoms with Crippen molar-refractivity contribution in [1.29, 1.82) is 0 Å². The van der Waals surface area contributed by atoms with E-state index < -0.39 is 5.97 Å². The lowest BCUT2D eigenvalue weighted by atomic mass is 9.81. The van der Waals surface area contributed by atoms with Crippen molar-refractivity contribution in [2.75, 3.05) is 12.4 Å². The maximum atomic E-state index is 12.3. The van der Waals surface area contributed by atoms with Crippen LogP contribution in [0.15, 0.2) is 24.3 Å². The second-order valence-corrected chi connectivity index (χ2v) is 5.47. The third kappa shape index (κ3) is 4.04. The number of carbonyl (C=O) groups is 2. The number of hydrogen-bond donors (Lipinski definition) is 2. The Bertz CT molecular complexity index is 507. The number of para-hydroxylation sites is 1. The van der Waals surface area contributed by atoms with E-state index in [9.17, 15) is 9.59 Å². The average Bonchev–Trinajstić information content (AvgIpc) is 2.49. The Balaban J connectivity index is 1.95. The molecule has 2 N–H and O–H groups in total. The Labute approximate surface area is 124 Å². The van der Waals surface area contributed by atoms with Gasteiger partial charge in [-0.15, -0.1) is 0 Å². The number of anilines is 1. The molecule has 0 heterocycles. The van der Waals surface area contributed by atoms with E-state index in [1.165, 1.54) is 0 Å². The van der Waals surface area contributed by atoms with Gasteiger partial charge in [0, 0.05) is 24.3 Å². The molecule has 1 aliphatic carbocycles. The van der Waals surface area contributed by atoms with E-state index in [2.05, 4.69) is 5.32 Å². The first-order chi connectivity index (χ1) is 10.1. The standard InChI is InChI=1S/C16H21NO4/c1-21-10-13-4-2-3-5-14(13)17-15(18)11-6-8-12(9-7-11)16(19)20/h2-5,11-12H,6-10H2,1H3,(H,17,18)(H,19,20). The molecule has 1 saturated carbocycles. The van der Waals surface area contributed by atoms with Gasteiger partial charge < -0.3 is 15.2 Å². The van der Waals surface area contributed by atoms with Crippen LogP contribution >= 0.6 is 0 Å². The number of aliphatic carboxylic acids is 1. The van der Waals surface area contributed by atoms with Crippen LogP contribution in [0.5, 0.6) is 0 Å². The van der Waals surface area contributed by atoms with Crippen molar-refractivity contribution in [3.05, 3.63) is 29.8 Å². The van der Waals surface area contributed by atoms with Gasteiger partial charge in [0.2, 0.25) is 5.91 Å². The van der Waals surface area contributed by atoms with Crippen LogP contribution in [-0.2, 0) is 20.9 Å². The summed E-state index contributed by atoms with van der Waals surface area (Å²) in [6, 6.07) is 7.55. The molecule has 5 nitrogen and oxygen atoms in total. The van der Waals surface area contributed by atoms with Crippen molar-refractivity contribution in [2.24, 2.45) is 11.8 Å². The summed E-state index contributed by atoms with van der Waals surface area (Å²) in [7, 11) is 1.62. The number of carboxylic acids is 1. The Morgan fingerprint density at radius 2 is 1.81 bits per heavy atom. The molecule has 5 heteroatoms. The van der Waals surface area contributed by atoms with Gasteiger partial charge in [-0.2, -0.15) is 0 Å². The zero-order valence-corrected chi connectivity index (χ0v) is 12.2. The van der Waals surface area contributed by atoms with Crippen molar-refractivity contribution in [2.45, 2.75) is 32.3 Å². The predicted molar refractivity (Wildman–Crippen MR) is 78.9 cm³/mol. The van der Waals surface area contributed by atoms with Gasteiger partial charge >= 0.3 is 5.97 Å². The molecule has 2 rings (SSSR count). The molecule has 21 heavy (non-hydrogen) atoms. The largest absolute Gasteiger partial charge is 0.481 e. The molecule has 0 bridgehead atoms. The highest BCUT2D eigenvalue weighted by Crippen LogP contribution is 2.30. The number of carbonyl (C=O) groups excluding carboxylic acids is 1. The summed E-state index contributed by atoms with van der Waals surface area (Å²) in [5.74, 6) is -1.17. The van der Waals surface area contributed by atoms with Gasteiger partial charge in [-0.25, -0.2) is 0 Å². The lowest BCUT2D eigenvalue weighted by Gasteiger charge is -2.25. The molecule has 1 aliphatic rings. The van der Waals surface area contributed by atoms with Gasteiger partial charge in [-0.05, 0) is 31.7 Å². The van der Waals surface area contributed by atoms with E-state index in [1.807, 2.05) is 24.3 Å².